The molecule has 1 aromatic carbocycles. The first-order valence-corrected chi connectivity index (χ1v) is 9.04. The normalized spacial score (nSPS) is 32.0. The fraction of sp³-hybridized carbons (Fsp3) is 0.650. The molecule has 0 aromatic heterocycles. The van der Waals surface area contributed by atoms with Crippen LogP contribution < -0.4 is 0 Å². The van der Waals surface area contributed by atoms with Crippen LogP contribution in [0.15, 0.2) is 30.3 Å². The van der Waals surface area contributed by atoms with Crippen LogP contribution in [-0.2, 0) is 24.6 Å². The summed E-state index contributed by atoms with van der Waals surface area (Å²) in [5, 5.41) is 0. The average Bonchev–Trinajstić information content (AvgIpc) is 2.53. The van der Waals surface area contributed by atoms with E-state index in [1.807, 2.05) is 20.8 Å². The third kappa shape index (κ3) is 3.25. The van der Waals surface area contributed by atoms with Gasteiger partial charge in [-0.2, -0.15) is 13.2 Å². The number of fused-ring (bicyclic) bond motifs is 3. The zero-order chi connectivity index (χ0) is 20.1. The van der Waals surface area contributed by atoms with Gasteiger partial charge >= 0.3 is 12.1 Å². The highest BCUT2D eigenvalue weighted by molar-refractivity contribution is 5.83. The Bertz CT molecular complexity index is 700. The van der Waals surface area contributed by atoms with Gasteiger partial charge in [-0.05, 0) is 33.6 Å². The minimum atomic E-state index is -4.97. The van der Waals surface area contributed by atoms with Crippen LogP contribution in [0.5, 0.6) is 0 Å². The largest absolute Gasteiger partial charge is 0.459 e. The Balaban J connectivity index is 1.95. The van der Waals surface area contributed by atoms with Crippen molar-refractivity contribution >= 4 is 5.97 Å². The van der Waals surface area contributed by atoms with Gasteiger partial charge in [-0.15, -0.1) is 0 Å². The molecule has 3 aliphatic rings. The van der Waals surface area contributed by atoms with E-state index in [1.165, 1.54) is 24.3 Å². The summed E-state index contributed by atoms with van der Waals surface area (Å²) in [4.78, 5) is 12.9. The lowest BCUT2D eigenvalue weighted by atomic mass is 9.67. The van der Waals surface area contributed by atoms with Crippen LogP contribution in [0.3, 0.4) is 0 Å². The van der Waals surface area contributed by atoms with Gasteiger partial charge < -0.3 is 14.2 Å². The molecule has 0 spiro atoms. The number of rotatable bonds is 4. The lowest BCUT2D eigenvalue weighted by Crippen LogP contribution is -2.62. The van der Waals surface area contributed by atoms with Gasteiger partial charge in [0.05, 0.1) is 11.2 Å². The molecule has 0 N–H and O–H groups in total. The lowest BCUT2D eigenvalue weighted by Gasteiger charge is -2.57. The van der Waals surface area contributed by atoms with Gasteiger partial charge in [0.1, 0.15) is 6.10 Å². The monoisotopic (exact) mass is 386 g/mol. The number of halogens is 3. The highest BCUT2D eigenvalue weighted by Gasteiger charge is 2.65. The second kappa shape index (κ2) is 6.48. The molecule has 2 saturated heterocycles. The highest BCUT2D eigenvalue weighted by Crippen LogP contribution is 2.52. The van der Waals surface area contributed by atoms with Crippen LogP contribution in [-0.4, -0.2) is 36.6 Å². The molecule has 4 nitrogen and oxygen atoms in total. The molecule has 7 heteroatoms. The zero-order valence-corrected chi connectivity index (χ0v) is 15.9. The highest BCUT2D eigenvalue weighted by atomic mass is 19.4. The van der Waals surface area contributed by atoms with Crippen molar-refractivity contribution in [1.82, 2.24) is 0 Å². The molecule has 2 heterocycles. The van der Waals surface area contributed by atoms with Crippen LogP contribution in [0.2, 0.25) is 0 Å². The van der Waals surface area contributed by atoms with Gasteiger partial charge in [-0.1, -0.05) is 30.3 Å². The van der Waals surface area contributed by atoms with E-state index < -0.39 is 35.1 Å². The third-order valence-corrected chi connectivity index (χ3v) is 5.90. The van der Waals surface area contributed by atoms with E-state index in [1.54, 1.807) is 6.07 Å². The molecule has 4 rings (SSSR count). The molecule has 0 radical (unpaired) electrons. The molecule has 2 aliphatic heterocycles. The van der Waals surface area contributed by atoms with E-state index in [0.717, 1.165) is 20.0 Å². The van der Waals surface area contributed by atoms with Crippen molar-refractivity contribution in [2.75, 3.05) is 7.11 Å². The number of esters is 1. The third-order valence-electron chi connectivity index (χ3n) is 5.90. The molecule has 150 valence electrons. The Morgan fingerprint density at radius 2 is 1.81 bits per heavy atom. The van der Waals surface area contributed by atoms with Crippen molar-refractivity contribution in [2.45, 2.75) is 69.1 Å². The van der Waals surface area contributed by atoms with Gasteiger partial charge in [0, 0.05) is 25.0 Å². The van der Waals surface area contributed by atoms with Gasteiger partial charge in [0.25, 0.3) is 5.60 Å². The van der Waals surface area contributed by atoms with Crippen molar-refractivity contribution in [3.8, 4) is 0 Å². The summed E-state index contributed by atoms with van der Waals surface area (Å²) in [6.45, 7) is 5.69. The molecule has 1 aromatic rings. The van der Waals surface area contributed by atoms with Crippen LogP contribution in [0.25, 0.3) is 0 Å². The fourth-order valence-corrected chi connectivity index (χ4v) is 4.65. The maximum absolute atomic E-state index is 14.0. The number of hydrogen-bond donors (Lipinski definition) is 0. The van der Waals surface area contributed by atoms with Crippen molar-refractivity contribution in [3.05, 3.63) is 35.9 Å². The predicted molar refractivity (Wildman–Crippen MR) is 92.0 cm³/mol. The Kier molecular flexibility index (Phi) is 4.84. The summed E-state index contributed by atoms with van der Waals surface area (Å²) in [5.74, 6) is -1.59. The average molecular weight is 386 g/mol. The smallest absolute Gasteiger partial charge is 0.432 e. The molecular weight excluding hydrogens is 361 g/mol. The molecule has 0 amide bonds. The number of methoxy groups -OCH3 is 1. The summed E-state index contributed by atoms with van der Waals surface area (Å²) in [7, 11) is 0.878. The maximum atomic E-state index is 14.0. The van der Waals surface area contributed by atoms with Crippen molar-refractivity contribution < 1.29 is 32.2 Å². The Morgan fingerprint density at radius 3 is 2.30 bits per heavy atom. The number of hydrogen-bond acceptors (Lipinski definition) is 4. The summed E-state index contributed by atoms with van der Waals surface area (Å²) < 4.78 is 58.5. The minimum Gasteiger partial charge on any atom is -0.459 e. The Hall–Kier alpha value is -1.60. The van der Waals surface area contributed by atoms with Gasteiger partial charge in [0.2, 0.25) is 0 Å². The van der Waals surface area contributed by atoms with E-state index in [0.29, 0.717) is 6.42 Å². The molecule has 2 bridgehead atoms. The number of benzene rings is 1. The minimum absolute atomic E-state index is 0.165. The zero-order valence-electron chi connectivity index (χ0n) is 15.9. The van der Waals surface area contributed by atoms with E-state index in [-0.39, 0.29) is 11.5 Å². The summed E-state index contributed by atoms with van der Waals surface area (Å²) in [5.41, 5.74) is -4.54. The van der Waals surface area contributed by atoms with Gasteiger partial charge in [0.15, 0.2) is 0 Å². The van der Waals surface area contributed by atoms with Crippen LogP contribution >= 0.6 is 0 Å². The quantitative estimate of drug-likeness (QED) is 0.721. The molecule has 27 heavy (non-hydrogen) atoms. The molecule has 4 atom stereocenters. The Morgan fingerprint density at radius 1 is 1.19 bits per heavy atom. The summed E-state index contributed by atoms with van der Waals surface area (Å²) in [6, 6.07) is 6.89. The van der Waals surface area contributed by atoms with Crippen LogP contribution in [0.1, 0.15) is 45.6 Å². The SMILES string of the molecule is CO[C@@](C(=O)O[C@@H]1C[C@@]2(C)CC[C@@H]1C(C)(C)O2)(c1ccccc1)C(F)(F)F. The molecule has 1 aliphatic carbocycles. The maximum Gasteiger partial charge on any atom is 0.432 e. The van der Waals surface area contributed by atoms with Crippen molar-refractivity contribution in [3.63, 3.8) is 0 Å². The first-order valence-electron chi connectivity index (χ1n) is 9.04. The van der Waals surface area contributed by atoms with Crippen LogP contribution in [0.4, 0.5) is 13.2 Å². The van der Waals surface area contributed by atoms with E-state index in [2.05, 4.69) is 0 Å². The number of alkyl halides is 3. The summed E-state index contributed by atoms with van der Waals surface area (Å²) in [6.07, 6.45) is -3.72. The topological polar surface area (TPSA) is 44.8 Å². The van der Waals surface area contributed by atoms with Crippen molar-refractivity contribution in [2.24, 2.45) is 5.92 Å². The second-order valence-electron chi connectivity index (χ2n) is 8.20. The molecule has 3 fully saturated rings. The molecule has 0 unspecified atom stereocenters. The number of ether oxygens (including phenoxy) is 3. The van der Waals surface area contributed by atoms with Crippen molar-refractivity contribution in [1.29, 1.82) is 0 Å². The van der Waals surface area contributed by atoms with E-state index >= 15 is 0 Å². The molecule has 1 saturated carbocycles. The number of carbonyl (C=O) groups is 1. The van der Waals surface area contributed by atoms with E-state index in [4.69, 9.17) is 14.2 Å². The second-order valence-corrected chi connectivity index (χ2v) is 8.20. The first kappa shape index (κ1) is 20.1. The van der Waals surface area contributed by atoms with Gasteiger partial charge in [-0.3, -0.25) is 0 Å². The van der Waals surface area contributed by atoms with Crippen LogP contribution in [0, 0.1) is 5.92 Å². The standard InChI is InChI=1S/C20H25F3O4/c1-17(2)14-10-11-18(3,27-17)12-15(14)26-16(24)19(25-4,20(21,22)23)13-8-6-5-7-9-13/h5-9,14-15H,10-12H2,1-4H3/t14-,15+,18+,19+/m0/s1. The Labute approximate surface area is 157 Å². The van der Waals surface area contributed by atoms with E-state index in [9.17, 15) is 18.0 Å². The first-order chi connectivity index (χ1) is 12.5. The lowest BCUT2D eigenvalue weighted by molar-refractivity contribution is -0.294. The van der Waals surface area contributed by atoms with Gasteiger partial charge in [-0.25, -0.2) is 4.79 Å². The predicted octanol–water partition coefficient (Wildman–Crippen LogP) is 4.37. The fourth-order valence-electron chi connectivity index (χ4n) is 4.65. The number of carbonyl (C=O) groups excluding carboxylic acids is 1. The summed E-state index contributed by atoms with van der Waals surface area (Å²) >= 11 is 0. The molecular formula is C20H25F3O4.